The first-order chi connectivity index (χ1) is 17.1. The Morgan fingerprint density at radius 1 is 1.23 bits per heavy atom. The van der Waals surface area contributed by atoms with Crippen LogP contribution in [0.15, 0.2) is 24.3 Å². The van der Waals surface area contributed by atoms with Crippen LogP contribution in [0.1, 0.15) is 42.4 Å². The number of rotatable bonds is 5. The molecule has 2 aromatic rings. The van der Waals surface area contributed by atoms with Gasteiger partial charge in [-0.15, -0.1) is 0 Å². The summed E-state index contributed by atoms with van der Waals surface area (Å²) in [4.78, 5) is 14.4. The molecule has 2 fully saturated rings. The summed E-state index contributed by atoms with van der Waals surface area (Å²) >= 11 is 0. The predicted molar refractivity (Wildman–Crippen MR) is 133 cm³/mol. The van der Waals surface area contributed by atoms with Crippen LogP contribution in [0.4, 0.5) is 5.82 Å². The van der Waals surface area contributed by atoms with E-state index in [1.165, 1.54) is 17.5 Å². The van der Waals surface area contributed by atoms with Crippen LogP contribution in [-0.4, -0.2) is 72.4 Å². The maximum absolute atomic E-state index is 9.22. The second kappa shape index (κ2) is 9.29. The van der Waals surface area contributed by atoms with Gasteiger partial charge >= 0.3 is 6.01 Å². The van der Waals surface area contributed by atoms with Gasteiger partial charge in [-0.2, -0.15) is 15.2 Å². The Kier molecular flexibility index (Phi) is 5.99. The van der Waals surface area contributed by atoms with Gasteiger partial charge in [-0.25, -0.2) is 0 Å². The molecule has 8 heteroatoms. The fourth-order valence-corrected chi connectivity index (χ4v) is 6.20. The number of nitrogens with one attached hydrogen (secondary N) is 1. The quantitative estimate of drug-likeness (QED) is 0.708. The topological polar surface area (TPSA) is 86.5 Å². The minimum absolute atomic E-state index is 0.135. The minimum Gasteiger partial charge on any atom is -0.470 e. The normalized spacial score (nSPS) is 25.1. The van der Waals surface area contributed by atoms with Crippen LogP contribution in [0, 0.1) is 11.3 Å². The zero-order valence-corrected chi connectivity index (χ0v) is 20.5. The van der Waals surface area contributed by atoms with Crippen LogP contribution in [0.25, 0.3) is 0 Å². The number of piperazine rings is 1. The third-order valence-corrected chi connectivity index (χ3v) is 8.18. The molecule has 6 rings (SSSR count). The number of aromatic nitrogens is 2. The lowest BCUT2D eigenvalue weighted by molar-refractivity contribution is 0.0494. The SMILES string of the molecule is CN1CCC[C@H]1COc1nc2c(c(N3CCN[C@@H](CC#N)C3)n1)CCC1(Cc3ccccc3C1)O2. The average Bonchev–Trinajstić information content (AvgIpc) is 3.44. The molecule has 0 saturated carbocycles. The smallest absolute Gasteiger partial charge is 0.321 e. The number of likely N-dealkylation sites (N-methyl/N-ethyl adjacent to an activating group) is 1. The van der Waals surface area contributed by atoms with Crippen LogP contribution in [0.3, 0.4) is 0 Å². The van der Waals surface area contributed by atoms with E-state index in [1.54, 1.807) is 0 Å². The molecular weight excluding hydrogens is 440 g/mol. The van der Waals surface area contributed by atoms with E-state index in [0.717, 1.165) is 69.7 Å². The number of ether oxygens (including phenoxy) is 2. The second-order valence-electron chi connectivity index (χ2n) is 10.6. The van der Waals surface area contributed by atoms with E-state index in [2.05, 4.69) is 52.5 Å². The largest absolute Gasteiger partial charge is 0.470 e. The molecule has 1 aromatic heterocycles. The van der Waals surface area contributed by atoms with Gasteiger partial charge in [0.15, 0.2) is 0 Å². The van der Waals surface area contributed by atoms with E-state index in [4.69, 9.17) is 19.4 Å². The highest BCUT2D eigenvalue weighted by atomic mass is 16.5. The highest BCUT2D eigenvalue weighted by molar-refractivity contribution is 5.55. The number of anilines is 1. The van der Waals surface area contributed by atoms with Crippen molar-refractivity contribution in [1.82, 2.24) is 20.2 Å². The summed E-state index contributed by atoms with van der Waals surface area (Å²) in [5.74, 6) is 1.60. The lowest BCUT2D eigenvalue weighted by atomic mass is 9.89. The lowest BCUT2D eigenvalue weighted by Gasteiger charge is -2.39. The monoisotopic (exact) mass is 474 g/mol. The first-order valence-corrected chi connectivity index (χ1v) is 13.0. The van der Waals surface area contributed by atoms with Crippen LogP contribution < -0.4 is 19.7 Å². The molecule has 4 heterocycles. The van der Waals surface area contributed by atoms with E-state index in [9.17, 15) is 5.26 Å². The van der Waals surface area contributed by atoms with Gasteiger partial charge in [0.05, 0.1) is 18.1 Å². The number of fused-ring (bicyclic) bond motifs is 2. The molecule has 1 aromatic carbocycles. The second-order valence-corrected chi connectivity index (χ2v) is 10.6. The van der Waals surface area contributed by atoms with E-state index >= 15 is 0 Å². The Labute approximate surface area is 207 Å². The van der Waals surface area contributed by atoms with E-state index in [0.29, 0.717) is 31.0 Å². The fourth-order valence-electron chi connectivity index (χ4n) is 6.20. The zero-order valence-electron chi connectivity index (χ0n) is 20.5. The summed E-state index contributed by atoms with van der Waals surface area (Å²) in [5, 5.41) is 12.7. The first-order valence-electron chi connectivity index (χ1n) is 13.0. The standard InChI is InChI=1S/C27H34N6O2/c1-32-13-4-7-22(32)18-34-26-30-24(33-14-12-29-21(17-33)9-11-28)23-8-10-27(35-25(23)31-26)15-19-5-2-3-6-20(19)16-27/h2-3,5-6,21-22,29H,4,7-10,12-18H2,1H3/t21-,22-/m0/s1. The van der Waals surface area contributed by atoms with Gasteiger partial charge in [-0.1, -0.05) is 24.3 Å². The van der Waals surface area contributed by atoms with Crippen molar-refractivity contribution in [2.24, 2.45) is 0 Å². The molecule has 2 atom stereocenters. The van der Waals surface area contributed by atoms with Crippen LogP contribution in [0.2, 0.25) is 0 Å². The Morgan fingerprint density at radius 2 is 2.06 bits per heavy atom. The Balaban J connectivity index is 1.30. The lowest BCUT2D eigenvalue weighted by Crippen LogP contribution is -2.51. The summed E-state index contributed by atoms with van der Waals surface area (Å²) in [7, 11) is 2.15. The molecule has 184 valence electrons. The van der Waals surface area contributed by atoms with E-state index < -0.39 is 0 Å². The van der Waals surface area contributed by atoms with Crippen molar-refractivity contribution in [1.29, 1.82) is 5.26 Å². The Hall–Kier alpha value is -2.89. The summed E-state index contributed by atoms with van der Waals surface area (Å²) in [6.07, 6.45) is 6.50. The van der Waals surface area contributed by atoms with Crippen molar-refractivity contribution >= 4 is 5.82 Å². The molecule has 35 heavy (non-hydrogen) atoms. The molecule has 8 nitrogen and oxygen atoms in total. The van der Waals surface area contributed by atoms with Crippen molar-refractivity contribution in [3.63, 3.8) is 0 Å². The number of nitrogens with zero attached hydrogens (tertiary/aromatic N) is 5. The Bertz CT molecular complexity index is 1110. The van der Waals surface area contributed by atoms with Crippen LogP contribution in [0.5, 0.6) is 11.9 Å². The van der Waals surface area contributed by atoms with Crippen molar-refractivity contribution < 1.29 is 9.47 Å². The summed E-state index contributed by atoms with van der Waals surface area (Å²) in [5.41, 5.74) is 3.60. The number of benzene rings is 1. The van der Waals surface area contributed by atoms with Crippen molar-refractivity contribution in [2.45, 2.75) is 62.6 Å². The predicted octanol–water partition coefficient (Wildman–Crippen LogP) is 2.50. The molecule has 1 N–H and O–H groups in total. The summed E-state index contributed by atoms with van der Waals surface area (Å²) in [6.45, 7) is 4.11. The molecule has 0 amide bonds. The van der Waals surface area contributed by atoms with Crippen LogP contribution >= 0.6 is 0 Å². The molecule has 0 bridgehead atoms. The zero-order chi connectivity index (χ0) is 23.8. The first kappa shape index (κ1) is 22.6. The van der Waals surface area contributed by atoms with Crippen molar-refractivity contribution in [3.05, 3.63) is 41.0 Å². The molecule has 0 radical (unpaired) electrons. The average molecular weight is 475 g/mol. The minimum atomic E-state index is -0.238. The molecular formula is C27H34N6O2. The molecule has 1 aliphatic carbocycles. The van der Waals surface area contributed by atoms with E-state index in [1.807, 2.05) is 0 Å². The Morgan fingerprint density at radius 3 is 2.80 bits per heavy atom. The van der Waals surface area contributed by atoms with Gasteiger partial charge in [-0.3, -0.25) is 0 Å². The van der Waals surface area contributed by atoms with Crippen molar-refractivity contribution in [2.75, 3.05) is 44.7 Å². The summed E-state index contributed by atoms with van der Waals surface area (Å²) < 4.78 is 13.0. The van der Waals surface area contributed by atoms with Gasteiger partial charge in [0.2, 0.25) is 5.88 Å². The number of hydrogen-bond donors (Lipinski definition) is 1. The molecule has 3 aliphatic heterocycles. The van der Waals surface area contributed by atoms with E-state index in [-0.39, 0.29) is 11.6 Å². The third kappa shape index (κ3) is 4.43. The molecule has 0 unspecified atom stereocenters. The molecule has 2 saturated heterocycles. The maximum atomic E-state index is 9.22. The highest BCUT2D eigenvalue weighted by Gasteiger charge is 2.44. The van der Waals surface area contributed by atoms with Gasteiger partial charge in [0, 0.05) is 44.6 Å². The van der Waals surface area contributed by atoms with Crippen LogP contribution in [-0.2, 0) is 19.3 Å². The highest BCUT2D eigenvalue weighted by Crippen LogP contribution is 2.44. The number of hydrogen-bond acceptors (Lipinski definition) is 8. The summed E-state index contributed by atoms with van der Waals surface area (Å²) in [6, 6.07) is 11.9. The third-order valence-electron chi connectivity index (χ3n) is 8.18. The number of nitriles is 1. The van der Waals surface area contributed by atoms with Gasteiger partial charge in [0.25, 0.3) is 0 Å². The van der Waals surface area contributed by atoms with Gasteiger partial charge < -0.3 is 24.6 Å². The molecule has 4 aliphatic rings. The maximum Gasteiger partial charge on any atom is 0.321 e. The van der Waals surface area contributed by atoms with Gasteiger partial charge in [0.1, 0.15) is 18.0 Å². The van der Waals surface area contributed by atoms with Gasteiger partial charge in [-0.05, 0) is 50.4 Å². The fraction of sp³-hybridized carbons (Fsp3) is 0.593. The number of likely N-dealkylation sites (tertiary alicyclic amines) is 1. The van der Waals surface area contributed by atoms with Crippen molar-refractivity contribution in [3.8, 4) is 18.0 Å². The molecule has 1 spiro atoms.